The van der Waals surface area contributed by atoms with Gasteiger partial charge < -0.3 is 14.6 Å². The van der Waals surface area contributed by atoms with Crippen molar-refractivity contribution in [1.82, 2.24) is 20.1 Å². The molecular weight excluding hydrogens is 336 g/mol. The van der Waals surface area contributed by atoms with Crippen molar-refractivity contribution in [3.8, 4) is 5.75 Å². The van der Waals surface area contributed by atoms with Crippen molar-refractivity contribution >= 4 is 17.7 Å². The highest BCUT2D eigenvalue weighted by Crippen LogP contribution is 2.21. The van der Waals surface area contributed by atoms with Gasteiger partial charge in [0.15, 0.2) is 5.82 Å². The zero-order valence-electron chi connectivity index (χ0n) is 14.5. The zero-order valence-corrected chi connectivity index (χ0v) is 15.3. The largest absolute Gasteiger partial charge is 0.494 e. The Morgan fingerprint density at radius 3 is 2.88 bits per heavy atom. The van der Waals surface area contributed by atoms with Gasteiger partial charge in [-0.25, -0.2) is 0 Å². The first-order valence-electron chi connectivity index (χ1n) is 8.79. The van der Waals surface area contributed by atoms with Crippen LogP contribution in [0.3, 0.4) is 0 Å². The average Bonchev–Trinajstić information content (AvgIpc) is 2.86. The van der Waals surface area contributed by atoms with Crippen molar-refractivity contribution in [3.05, 3.63) is 35.9 Å². The van der Waals surface area contributed by atoms with E-state index < -0.39 is 0 Å². The Morgan fingerprint density at radius 1 is 1.24 bits per heavy atom. The van der Waals surface area contributed by atoms with Gasteiger partial charge in [-0.05, 0) is 44.0 Å². The second-order valence-electron chi connectivity index (χ2n) is 5.96. The molecule has 0 fully saturated rings. The van der Waals surface area contributed by atoms with Gasteiger partial charge in [-0.1, -0.05) is 6.42 Å². The fourth-order valence-corrected chi connectivity index (χ4v) is 3.58. The summed E-state index contributed by atoms with van der Waals surface area (Å²) in [5.74, 6) is 3.14. The SMILES string of the molecule is CCOc1ccc(SCC(=O)NCc2nnc3n2CCCCC3)cc1. The molecule has 0 spiro atoms. The third-order valence-corrected chi connectivity index (χ3v) is 5.15. The van der Waals surface area contributed by atoms with Crippen LogP contribution in [0.4, 0.5) is 0 Å². The normalized spacial score (nSPS) is 13.8. The summed E-state index contributed by atoms with van der Waals surface area (Å²) in [6.07, 6.45) is 4.53. The number of amides is 1. The number of carbonyl (C=O) groups excluding carboxylic acids is 1. The van der Waals surface area contributed by atoms with Crippen molar-refractivity contribution in [2.75, 3.05) is 12.4 Å². The van der Waals surface area contributed by atoms with E-state index in [1.54, 1.807) is 0 Å². The molecule has 0 radical (unpaired) electrons. The number of thioether (sulfide) groups is 1. The highest BCUT2D eigenvalue weighted by atomic mass is 32.2. The van der Waals surface area contributed by atoms with Gasteiger partial charge in [-0.2, -0.15) is 0 Å². The van der Waals surface area contributed by atoms with Gasteiger partial charge in [-0.3, -0.25) is 4.79 Å². The minimum Gasteiger partial charge on any atom is -0.494 e. The summed E-state index contributed by atoms with van der Waals surface area (Å²) in [6, 6.07) is 7.80. The van der Waals surface area contributed by atoms with Crippen LogP contribution < -0.4 is 10.1 Å². The summed E-state index contributed by atoms with van der Waals surface area (Å²) in [7, 11) is 0. The van der Waals surface area contributed by atoms with Crippen LogP contribution in [-0.2, 0) is 24.3 Å². The van der Waals surface area contributed by atoms with Crippen molar-refractivity contribution < 1.29 is 9.53 Å². The topological polar surface area (TPSA) is 69.0 Å². The molecule has 2 heterocycles. The Labute approximate surface area is 152 Å². The van der Waals surface area contributed by atoms with E-state index in [9.17, 15) is 4.79 Å². The number of aromatic nitrogens is 3. The minimum atomic E-state index is 0.00450. The van der Waals surface area contributed by atoms with Gasteiger partial charge in [-0.15, -0.1) is 22.0 Å². The summed E-state index contributed by atoms with van der Waals surface area (Å²) in [6.45, 7) is 4.01. The van der Waals surface area contributed by atoms with Crippen LogP contribution in [0.1, 0.15) is 37.8 Å². The molecule has 1 N–H and O–H groups in total. The lowest BCUT2D eigenvalue weighted by Gasteiger charge is -2.08. The van der Waals surface area contributed by atoms with Crippen molar-refractivity contribution in [2.45, 2.75) is 50.6 Å². The molecule has 1 aliphatic rings. The molecule has 0 atom stereocenters. The molecule has 1 aromatic carbocycles. The smallest absolute Gasteiger partial charge is 0.230 e. The number of nitrogens with zero attached hydrogens (tertiary/aromatic N) is 3. The third kappa shape index (κ3) is 4.98. The first-order chi connectivity index (χ1) is 12.3. The van der Waals surface area contributed by atoms with E-state index in [0.717, 1.165) is 41.7 Å². The minimum absolute atomic E-state index is 0.00450. The maximum atomic E-state index is 12.1. The first-order valence-corrected chi connectivity index (χ1v) is 9.78. The number of aryl methyl sites for hydroxylation is 1. The number of hydrogen-bond donors (Lipinski definition) is 1. The molecule has 1 aliphatic heterocycles. The lowest BCUT2D eigenvalue weighted by Crippen LogP contribution is -2.26. The molecule has 6 nitrogen and oxygen atoms in total. The zero-order chi connectivity index (χ0) is 17.5. The number of ether oxygens (including phenoxy) is 1. The highest BCUT2D eigenvalue weighted by molar-refractivity contribution is 8.00. The van der Waals surface area contributed by atoms with E-state index in [-0.39, 0.29) is 5.91 Å². The Bertz CT molecular complexity index is 700. The van der Waals surface area contributed by atoms with Crippen molar-refractivity contribution in [2.24, 2.45) is 0 Å². The third-order valence-electron chi connectivity index (χ3n) is 4.13. The highest BCUT2D eigenvalue weighted by Gasteiger charge is 2.15. The van der Waals surface area contributed by atoms with Gasteiger partial charge in [0, 0.05) is 17.9 Å². The van der Waals surface area contributed by atoms with Crippen LogP contribution in [-0.4, -0.2) is 33.0 Å². The van der Waals surface area contributed by atoms with Gasteiger partial charge in [0.05, 0.1) is 18.9 Å². The average molecular weight is 360 g/mol. The number of hydrogen-bond acceptors (Lipinski definition) is 5. The summed E-state index contributed by atoms with van der Waals surface area (Å²) >= 11 is 1.51. The van der Waals surface area contributed by atoms with E-state index in [1.807, 2.05) is 31.2 Å². The number of benzene rings is 1. The molecule has 0 unspecified atom stereocenters. The van der Waals surface area contributed by atoms with Crippen LogP contribution >= 0.6 is 11.8 Å². The predicted octanol–water partition coefficient (Wildman–Crippen LogP) is 2.81. The van der Waals surface area contributed by atoms with Crippen LogP contribution in [0.5, 0.6) is 5.75 Å². The number of fused-ring (bicyclic) bond motifs is 1. The summed E-state index contributed by atoms with van der Waals surface area (Å²) in [5.41, 5.74) is 0. The first kappa shape index (κ1) is 17.8. The Morgan fingerprint density at radius 2 is 2.08 bits per heavy atom. The van der Waals surface area contributed by atoms with Crippen LogP contribution in [0, 0.1) is 0 Å². The van der Waals surface area contributed by atoms with E-state index >= 15 is 0 Å². The monoisotopic (exact) mass is 360 g/mol. The molecule has 0 saturated carbocycles. The molecule has 1 amide bonds. The molecule has 0 saturated heterocycles. The fourth-order valence-electron chi connectivity index (χ4n) is 2.85. The molecule has 2 aromatic rings. The molecule has 25 heavy (non-hydrogen) atoms. The maximum absolute atomic E-state index is 12.1. The predicted molar refractivity (Wildman–Crippen MR) is 97.8 cm³/mol. The molecule has 1 aromatic heterocycles. The van der Waals surface area contributed by atoms with Crippen molar-refractivity contribution in [3.63, 3.8) is 0 Å². The van der Waals surface area contributed by atoms with Gasteiger partial charge in [0.25, 0.3) is 0 Å². The standard InChI is InChI=1S/C18H24N4O2S/c1-2-24-14-7-9-15(10-8-14)25-13-18(23)19-12-17-21-20-16-6-4-3-5-11-22(16)17/h7-10H,2-6,11-13H2,1H3,(H,19,23). The maximum Gasteiger partial charge on any atom is 0.230 e. The van der Waals surface area contributed by atoms with E-state index in [2.05, 4.69) is 20.1 Å². The molecule has 0 aliphatic carbocycles. The van der Waals surface area contributed by atoms with E-state index in [0.29, 0.717) is 18.9 Å². The van der Waals surface area contributed by atoms with Crippen LogP contribution in [0.15, 0.2) is 29.2 Å². The molecule has 7 heteroatoms. The number of carbonyl (C=O) groups is 1. The molecule has 3 rings (SSSR count). The molecular formula is C18H24N4O2S. The quantitative estimate of drug-likeness (QED) is 0.769. The molecule has 0 bridgehead atoms. The number of nitrogens with one attached hydrogen (secondary N) is 1. The van der Waals surface area contributed by atoms with Gasteiger partial charge in [0.1, 0.15) is 11.6 Å². The molecule has 134 valence electrons. The lowest BCUT2D eigenvalue weighted by molar-refractivity contribution is -0.118. The lowest BCUT2D eigenvalue weighted by atomic mass is 10.2. The summed E-state index contributed by atoms with van der Waals surface area (Å²) < 4.78 is 7.58. The Hall–Kier alpha value is -2.02. The Kier molecular flexibility index (Phi) is 6.33. The second kappa shape index (κ2) is 8.89. The van der Waals surface area contributed by atoms with E-state index in [1.165, 1.54) is 24.6 Å². The van der Waals surface area contributed by atoms with Gasteiger partial charge in [0.2, 0.25) is 5.91 Å². The fraction of sp³-hybridized carbons (Fsp3) is 0.500. The second-order valence-corrected chi connectivity index (χ2v) is 7.01. The van der Waals surface area contributed by atoms with Crippen molar-refractivity contribution in [1.29, 1.82) is 0 Å². The Balaban J connectivity index is 1.46. The summed E-state index contributed by atoms with van der Waals surface area (Å²) in [4.78, 5) is 13.2. The number of rotatable bonds is 7. The van der Waals surface area contributed by atoms with Crippen LogP contribution in [0.2, 0.25) is 0 Å². The van der Waals surface area contributed by atoms with Gasteiger partial charge >= 0.3 is 0 Å². The summed E-state index contributed by atoms with van der Waals surface area (Å²) in [5, 5.41) is 11.4. The van der Waals surface area contributed by atoms with Crippen LogP contribution in [0.25, 0.3) is 0 Å². The van der Waals surface area contributed by atoms with E-state index in [4.69, 9.17) is 4.74 Å².